The van der Waals surface area contributed by atoms with Gasteiger partial charge in [0.2, 0.25) is 0 Å². The van der Waals surface area contributed by atoms with Crippen LogP contribution in [0.15, 0.2) is 18.2 Å². The number of hydrogen-bond donors (Lipinski definition) is 2. The molecule has 1 aromatic carbocycles. The molecular formula is C12H16ClNO4. The van der Waals surface area contributed by atoms with E-state index in [9.17, 15) is 9.90 Å². The molecule has 0 aromatic heterocycles. The molecule has 1 aromatic rings. The maximum absolute atomic E-state index is 10.7. The van der Waals surface area contributed by atoms with Gasteiger partial charge in [-0.2, -0.15) is 0 Å². The van der Waals surface area contributed by atoms with Crippen molar-refractivity contribution < 1.29 is 19.7 Å². The van der Waals surface area contributed by atoms with Gasteiger partial charge < -0.3 is 14.9 Å². The van der Waals surface area contributed by atoms with E-state index >= 15 is 0 Å². The Morgan fingerprint density at radius 1 is 1.50 bits per heavy atom. The zero-order valence-electron chi connectivity index (χ0n) is 10.1. The van der Waals surface area contributed by atoms with E-state index < -0.39 is 5.97 Å². The van der Waals surface area contributed by atoms with Gasteiger partial charge in [0, 0.05) is 30.8 Å². The molecule has 2 N–H and O–H groups in total. The van der Waals surface area contributed by atoms with Crippen molar-refractivity contribution in [3.05, 3.63) is 28.8 Å². The Morgan fingerprint density at radius 3 is 2.83 bits per heavy atom. The number of hydrogen-bond acceptors (Lipinski definition) is 4. The van der Waals surface area contributed by atoms with Crippen molar-refractivity contribution in [2.24, 2.45) is 0 Å². The van der Waals surface area contributed by atoms with Crippen LogP contribution in [0.25, 0.3) is 0 Å². The molecule has 0 aliphatic rings. The van der Waals surface area contributed by atoms with E-state index in [0.717, 1.165) is 0 Å². The average Bonchev–Trinajstić information content (AvgIpc) is 2.30. The topological polar surface area (TPSA) is 70.0 Å². The lowest BCUT2D eigenvalue weighted by Gasteiger charge is -2.20. The first-order valence-electron chi connectivity index (χ1n) is 5.43. The molecule has 0 saturated carbocycles. The van der Waals surface area contributed by atoms with Crippen LogP contribution in [0.3, 0.4) is 0 Å². The van der Waals surface area contributed by atoms with E-state index in [1.165, 1.54) is 6.07 Å². The minimum absolute atomic E-state index is 0.104. The molecule has 0 heterocycles. The molecule has 0 bridgehead atoms. The second-order valence-corrected chi connectivity index (χ2v) is 4.31. The van der Waals surface area contributed by atoms with Gasteiger partial charge in [0.25, 0.3) is 0 Å². The van der Waals surface area contributed by atoms with Crippen LogP contribution in [0.1, 0.15) is 5.56 Å². The van der Waals surface area contributed by atoms with Gasteiger partial charge in [-0.3, -0.25) is 9.69 Å². The Kier molecular flexibility index (Phi) is 5.91. The van der Waals surface area contributed by atoms with E-state index in [4.69, 9.17) is 21.4 Å². The molecule has 18 heavy (non-hydrogen) atoms. The summed E-state index contributed by atoms with van der Waals surface area (Å²) in [4.78, 5) is 12.4. The van der Waals surface area contributed by atoms with Crippen molar-refractivity contribution in [3.8, 4) is 5.75 Å². The highest BCUT2D eigenvalue weighted by atomic mass is 35.5. The summed E-state index contributed by atoms with van der Waals surface area (Å²) >= 11 is 5.84. The van der Waals surface area contributed by atoms with Crippen molar-refractivity contribution in [2.45, 2.75) is 6.54 Å². The highest BCUT2D eigenvalue weighted by molar-refractivity contribution is 6.30. The normalized spacial score (nSPS) is 10.8. The average molecular weight is 274 g/mol. The van der Waals surface area contributed by atoms with E-state index in [0.29, 0.717) is 30.3 Å². The number of halogens is 1. The molecular weight excluding hydrogens is 258 g/mol. The fourth-order valence-electron chi connectivity index (χ4n) is 1.55. The predicted octanol–water partition coefficient (Wildman–Crippen LogP) is 1.58. The van der Waals surface area contributed by atoms with E-state index in [1.807, 2.05) is 0 Å². The van der Waals surface area contributed by atoms with Gasteiger partial charge in [-0.1, -0.05) is 11.6 Å². The number of carboxylic acid groups (broad SMARTS) is 1. The molecule has 0 atom stereocenters. The van der Waals surface area contributed by atoms with Gasteiger partial charge in [0.15, 0.2) is 0 Å². The standard InChI is InChI=1S/C12H16ClNO4/c1-18-5-4-14(8-12(16)17)7-9-6-10(13)2-3-11(9)15/h2-3,6,15H,4-5,7-8H2,1H3,(H,16,17). The molecule has 0 saturated heterocycles. The van der Waals surface area contributed by atoms with Crippen molar-refractivity contribution in [3.63, 3.8) is 0 Å². The maximum atomic E-state index is 10.7. The van der Waals surface area contributed by atoms with Crippen molar-refractivity contribution in [1.82, 2.24) is 4.90 Å². The fourth-order valence-corrected chi connectivity index (χ4v) is 1.74. The largest absolute Gasteiger partial charge is 0.508 e. The van der Waals surface area contributed by atoms with Crippen molar-refractivity contribution >= 4 is 17.6 Å². The fraction of sp³-hybridized carbons (Fsp3) is 0.417. The summed E-state index contributed by atoms with van der Waals surface area (Å²) in [6, 6.07) is 4.70. The Morgan fingerprint density at radius 2 is 2.22 bits per heavy atom. The van der Waals surface area contributed by atoms with Gasteiger partial charge >= 0.3 is 5.97 Å². The highest BCUT2D eigenvalue weighted by Crippen LogP contribution is 2.22. The number of rotatable bonds is 7. The van der Waals surface area contributed by atoms with Crippen molar-refractivity contribution in [2.75, 3.05) is 26.8 Å². The van der Waals surface area contributed by atoms with Crippen LogP contribution in [-0.4, -0.2) is 47.9 Å². The molecule has 0 amide bonds. The van der Waals surface area contributed by atoms with Crippen LogP contribution in [0.5, 0.6) is 5.75 Å². The Hall–Kier alpha value is -1.30. The minimum atomic E-state index is -0.923. The van der Waals surface area contributed by atoms with Gasteiger partial charge in [-0.05, 0) is 18.2 Å². The Bertz CT molecular complexity index is 411. The van der Waals surface area contributed by atoms with E-state index in [1.54, 1.807) is 24.1 Å². The number of methoxy groups -OCH3 is 1. The summed E-state index contributed by atoms with van der Waals surface area (Å²) in [5, 5.41) is 19.0. The summed E-state index contributed by atoms with van der Waals surface area (Å²) in [7, 11) is 1.55. The number of aromatic hydroxyl groups is 1. The molecule has 0 radical (unpaired) electrons. The molecule has 1 rings (SSSR count). The first-order chi connectivity index (χ1) is 8.52. The number of carbonyl (C=O) groups is 1. The minimum Gasteiger partial charge on any atom is -0.508 e. The number of phenols is 1. The van der Waals surface area contributed by atoms with E-state index in [2.05, 4.69) is 0 Å². The van der Waals surface area contributed by atoms with Crippen LogP contribution >= 0.6 is 11.6 Å². The summed E-state index contributed by atoms with van der Waals surface area (Å²) in [6.07, 6.45) is 0. The first kappa shape index (κ1) is 14.8. The zero-order valence-corrected chi connectivity index (χ0v) is 10.9. The zero-order chi connectivity index (χ0) is 13.5. The maximum Gasteiger partial charge on any atom is 0.317 e. The Labute approximate surface area is 111 Å². The van der Waals surface area contributed by atoms with E-state index in [-0.39, 0.29) is 12.3 Å². The third-order valence-corrected chi connectivity index (χ3v) is 2.64. The Balaban J connectivity index is 2.74. The molecule has 6 heteroatoms. The quantitative estimate of drug-likeness (QED) is 0.789. The van der Waals surface area contributed by atoms with Gasteiger partial charge in [-0.25, -0.2) is 0 Å². The number of carboxylic acids is 1. The van der Waals surface area contributed by atoms with Crippen LogP contribution in [-0.2, 0) is 16.1 Å². The first-order valence-corrected chi connectivity index (χ1v) is 5.81. The lowest BCUT2D eigenvalue weighted by molar-refractivity contribution is -0.138. The molecule has 0 unspecified atom stereocenters. The third-order valence-electron chi connectivity index (χ3n) is 2.41. The molecule has 0 fully saturated rings. The van der Waals surface area contributed by atoms with Gasteiger partial charge in [-0.15, -0.1) is 0 Å². The van der Waals surface area contributed by atoms with Crippen LogP contribution in [0.2, 0.25) is 5.02 Å². The second kappa shape index (κ2) is 7.20. The highest BCUT2D eigenvalue weighted by Gasteiger charge is 2.12. The lowest BCUT2D eigenvalue weighted by atomic mass is 10.2. The van der Waals surface area contributed by atoms with Gasteiger partial charge in [0.1, 0.15) is 5.75 Å². The van der Waals surface area contributed by atoms with Gasteiger partial charge in [0.05, 0.1) is 13.2 Å². The molecule has 100 valence electrons. The number of aliphatic carboxylic acids is 1. The molecule has 5 nitrogen and oxygen atoms in total. The predicted molar refractivity (Wildman–Crippen MR) is 67.9 cm³/mol. The third kappa shape index (κ3) is 4.91. The second-order valence-electron chi connectivity index (χ2n) is 3.87. The summed E-state index contributed by atoms with van der Waals surface area (Å²) in [6.45, 7) is 1.08. The smallest absolute Gasteiger partial charge is 0.317 e. The number of benzene rings is 1. The van der Waals surface area contributed by atoms with Crippen molar-refractivity contribution in [1.29, 1.82) is 0 Å². The summed E-state index contributed by atoms with van der Waals surface area (Å²) in [5.74, 6) is -0.820. The number of phenolic OH excluding ortho intramolecular Hbond substituents is 1. The van der Waals surface area contributed by atoms with Crippen LogP contribution in [0, 0.1) is 0 Å². The monoisotopic (exact) mass is 273 g/mol. The summed E-state index contributed by atoms with van der Waals surface area (Å²) < 4.78 is 4.92. The number of ether oxygens (including phenoxy) is 1. The number of nitrogens with zero attached hydrogens (tertiary/aromatic N) is 1. The van der Waals surface area contributed by atoms with Crippen LogP contribution in [0.4, 0.5) is 0 Å². The lowest BCUT2D eigenvalue weighted by Crippen LogP contribution is -2.32. The SMILES string of the molecule is COCCN(CC(=O)O)Cc1cc(Cl)ccc1O. The summed E-state index contributed by atoms with van der Waals surface area (Å²) in [5.41, 5.74) is 0.597. The van der Waals surface area contributed by atoms with Crippen LogP contribution < -0.4 is 0 Å². The molecule has 0 aliphatic heterocycles. The molecule has 0 spiro atoms. The molecule has 0 aliphatic carbocycles.